The zero-order valence-corrected chi connectivity index (χ0v) is 18.7. The highest BCUT2D eigenvalue weighted by Gasteiger charge is 2.24. The monoisotopic (exact) mass is 447 g/mol. The fourth-order valence-corrected chi connectivity index (χ4v) is 5.10. The van der Waals surface area contributed by atoms with Gasteiger partial charge in [0.25, 0.3) is 0 Å². The molecular weight excluding hydrogens is 422 g/mol. The van der Waals surface area contributed by atoms with Gasteiger partial charge in [-0.1, -0.05) is 17.7 Å². The van der Waals surface area contributed by atoms with Crippen molar-refractivity contribution >= 4 is 39.2 Å². The minimum atomic E-state index is -3.35. The minimum absolute atomic E-state index is 0.222. The molecule has 0 atom stereocenters. The van der Waals surface area contributed by atoms with Gasteiger partial charge in [0, 0.05) is 22.8 Å². The van der Waals surface area contributed by atoms with Gasteiger partial charge in [0.05, 0.1) is 18.4 Å². The molecule has 0 saturated heterocycles. The number of anilines is 1. The third kappa shape index (κ3) is 5.86. The summed E-state index contributed by atoms with van der Waals surface area (Å²) < 4.78 is 30.4. The van der Waals surface area contributed by atoms with Crippen LogP contribution in [0.3, 0.4) is 0 Å². The fraction of sp³-hybridized carbons (Fsp3) is 0.364. The van der Waals surface area contributed by atoms with E-state index in [1.54, 1.807) is 30.0 Å². The van der Waals surface area contributed by atoms with Gasteiger partial charge < -0.3 is 4.74 Å². The Kier molecular flexibility index (Phi) is 7.20. The van der Waals surface area contributed by atoms with Crippen LogP contribution in [0.15, 0.2) is 47.4 Å². The molecule has 0 fully saturated rings. The lowest BCUT2D eigenvalue weighted by molar-refractivity contribution is -0.141. The van der Waals surface area contributed by atoms with E-state index in [2.05, 4.69) is 0 Å². The van der Waals surface area contributed by atoms with E-state index in [4.69, 9.17) is 4.74 Å². The third-order valence-electron chi connectivity index (χ3n) is 4.84. The van der Waals surface area contributed by atoms with Crippen LogP contribution in [0, 0.1) is 6.92 Å². The molecule has 3 rings (SSSR count). The Balaban J connectivity index is 1.51. The van der Waals surface area contributed by atoms with Gasteiger partial charge in [0.2, 0.25) is 10.0 Å². The van der Waals surface area contributed by atoms with Crippen molar-refractivity contribution in [1.29, 1.82) is 0 Å². The summed E-state index contributed by atoms with van der Waals surface area (Å²) >= 11 is 1.57. The van der Waals surface area contributed by atoms with Crippen LogP contribution in [0.5, 0.6) is 0 Å². The number of hydrogen-bond donors (Lipinski definition) is 0. The molecule has 1 aliphatic heterocycles. The lowest BCUT2D eigenvalue weighted by Crippen LogP contribution is -2.34. The third-order valence-corrected chi connectivity index (χ3v) is 7.03. The number of carbonyl (C=O) groups excluding carboxylic acids is 2. The van der Waals surface area contributed by atoms with Gasteiger partial charge in [-0.2, -0.15) is 0 Å². The van der Waals surface area contributed by atoms with Crippen molar-refractivity contribution in [2.45, 2.75) is 31.1 Å². The van der Waals surface area contributed by atoms with Crippen LogP contribution in [0.4, 0.5) is 5.69 Å². The number of esters is 1. The van der Waals surface area contributed by atoms with Gasteiger partial charge in [-0.05, 0) is 55.7 Å². The molecule has 0 spiro atoms. The second-order valence-corrected chi connectivity index (χ2v) is 10.4. The van der Waals surface area contributed by atoms with Crippen LogP contribution in [0.25, 0.3) is 0 Å². The Labute approximate surface area is 181 Å². The Bertz CT molecular complexity index is 1030. The van der Waals surface area contributed by atoms with Crippen molar-refractivity contribution in [2.24, 2.45) is 0 Å². The molecule has 0 amide bonds. The second kappa shape index (κ2) is 9.66. The number of hydrogen-bond acceptors (Lipinski definition) is 6. The molecular formula is C22H25NO5S2. The molecule has 0 saturated carbocycles. The zero-order valence-electron chi connectivity index (χ0n) is 17.1. The normalized spacial score (nSPS) is 13.6. The SMILES string of the molecule is Cc1ccc(SCCC(=O)OCC(=O)c2ccc3c(c2)CCCN3S(C)(=O)=O)cc1. The molecule has 0 aliphatic carbocycles. The van der Waals surface area contributed by atoms with E-state index in [1.165, 1.54) is 16.1 Å². The fourth-order valence-electron chi connectivity index (χ4n) is 3.27. The molecule has 2 aromatic carbocycles. The number of ether oxygens (including phenoxy) is 1. The Morgan fingerprint density at radius 1 is 1.13 bits per heavy atom. The molecule has 8 heteroatoms. The van der Waals surface area contributed by atoms with Crippen LogP contribution in [0.2, 0.25) is 0 Å². The van der Waals surface area contributed by atoms with Gasteiger partial charge in [-0.3, -0.25) is 13.9 Å². The van der Waals surface area contributed by atoms with E-state index in [0.717, 1.165) is 10.5 Å². The highest BCUT2D eigenvalue weighted by Crippen LogP contribution is 2.30. The van der Waals surface area contributed by atoms with Crippen LogP contribution >= 0.6 is 11.8 Å². The summed E-state index contributed by atoms with van der Waals surface area (Å²) in [7, 11) is -3.35. The van der Waals surface area contributed by atoms with Crippen LogP contribution in [-0.2, 0) is 26.0 Å². The summed E-state index contributed by atoms with van der Waals surface area (Å²) in [6.45, 7) is 2.15. The van der Waals surface area contributed by atoms with E-state index < -0.39 is 16.0 Å². The molecule has 30 heavy (non-hydrogen) atoms. The molecule has 1 aliphatic rings. The van der Waals surface area contributed by atoms with E-state index in [9.17, 15) is 18.0 Å². The first-order chi connectivity index (χ1) is 14.2. The van der Waals surface area contributed by atoms with Crippen molar-refractivity contribution in [1.82, 2.24) is 0 Å². The van der Waals surface area contributed by atoms with Crippen molar-refractivity contribution in [3.63, 3.8) is 0 Å². The number of aryl methyl sites for hydroxylation is 2. The summed E-state index contributed by atoms with van der Waals surface area (Å²) in [4.78, 5) is 25.5. The number of thioether (sulfide) groups is 1. The highest BCUT2D eigenvalue weighted by molar-refractivity contribution is 7.99. The van der Waals surface area contributed by atoms with Crippen molar-refractivity contribution in [3.8, 4) is 0 Å². The van der Waals surface area contributed by atoms with Gasteiger partial charge in [0.15, 0.2) is 12.4 Å². The number of sulfonamides is 1. The summed E-state index contributed by atoms with van der Waals surface area (Å²) in [5, 5.41) is 0. The number of benzene rings is 2. The number of nitrogens with zero attached hydrogens (tertiary/aromatic N) is 1. The molecule has 160 valence electrons. The maximum Gasteiger partial charge on any atom is 0.307 e. The van der Waals surface area contributed by atoms with Crippen LogP contribution in [0.1, 0.15) is 34.3 Å². The van der Waals surface area contributed by atoms with Gasteiger partial charge >= 0.3 is 5.97 Å². The standard InChI is InChI=1S/C22H25NO5S2/c1-16-5-8-19(9-6-16)29-13-11-22(25)28-15-21(24)18-7-10-20-17(14-18)4-3-12-23(20)30(2,26)27/h5-10,14H,3-4,11-13,15H2,1-2H3. The number of Topliss-reactive ketones (excluding diaryl/α,β-unsaturated/α-hetero) is 1. The lowest BCUT2D eigenvalue weighted by Gasteiger charge is -2.29. The second-order valence-electron chi connectivity index (χ2n) is 7.28. The topological polar surface area (TPSA) is 80.8 Å². The highest BCUT2D eigenvalue weighted by atomic mass is 32.2. The molecule has 0 N–H and O–H groups in total. The van der Waals surface area contributed by atoms with E-state index in [1.807, 2.05) is 31.2 Å². The summed E-state index contributed by atoms with van der Waals surface area (Å²) in [6, 6.07) is 13.0. The van der Waals surface area contributed by atoms with Gasteiger partial charge in [-0.25, -0.2) is 8.42 Å². The molecule has 0 unspecified atom stereocenters. The van der Waals surface area contributed by atoms with Gasteiger partial charge in [0.1, 0.15) is 0 Å². The molecule has 2 aromatic rings. The largest absolute Gasteiger partial charge is 0.457 e. The lowest BCUT2D eigenvalue weighted by atomic mass is 9.99. The average molecular weight is 448 g/mol. The predicted octanol–water partition coefficient (Wildman–Crippen LogP) is 3.62. The molecule has 0 radical (unpaired) electrons. The Hall–Kier alpha value is -2.32. The number of carbonyl (C=O) groups is 2. The summed E-state index contributed by atoms with van der Waals surface area (Å²) in [5.41, 5.74) is 3.04. The number of rotatable bonds is 8. The predicted molar refractivity (Wildman–Crippen MR) is 119 cm³/mol. The van der Waals surface area contributed by atoms with E-state index >= 15 is 0 Å². The molecule has 0 aromatic heterocycles. The molecule has 6 nitrogen and oxygen atoms in total. The first kappa shape index (κ1) is 22.4. The Morgan fingerprint density at radius 3 is 2.57 bits per heavy atom. The van der Waals surface area contributed by atoms with Crippen molar-refractivity contribution < 1.29 is 22.7 Å². The zero-order chi connectivity index (χ0) is 21.7. The molecule has 0 bridgehead atoms. The maximum absolute atomic E-state index is 12.4. The average Bonchev–Trinajstić information content (AvgIpc) is 2.72. The van der Waals surface area contributed by atoms with Gasteiger partial charge in [-0.15, -0.1) is 11.8 Å². The Morgan fingerprint density at radius 2 is 1.87 bits per heavy atom. The quantitative estimate of drug-likeness (QED) is 0.349. The first-order valence-electron chi connectivity index (χ1n) is 9.73. The van der Waals surface area contributed by atoms with E-state index in [-0.39, 0.29) is 18.8 Å². The smallest absolute Gasteiger partial charge is 0.307 e. The van der Waals surface area contributed by atoms with Crippen LogP contribution in [-0.4, -0.2) is 45.3 Å². The van der Waals surface area contributed by atoms with Crippen molar-refractivity contribution in [2.75, 3.05) is 29.5 Å². The minimum Gasteiger partial charge on any atom is -0.457 e. The van der Waals surface area contributed by atoms with Crippen molar-refractivity contribution in [3.05, 3.63) is 59.2 Å². The van der Waals surface area contributed by atoms with Crippen LogP contribution < -0.4 is 4.31 Å². The summed E-state index contributed by atoms with van der Waals surface area (Å²) in [5.74, 6) is -0.131. The number of fused-ring (bicyclic) bond motifs is 1. The number of ketones is 1. The summed E-state index contributed by atoms with van der Waals surface area (Å²) in [6.07, 6.45) is 2.81. The maximum atomic E-state index is 12.4. The first-order valence-corrected chi connectivity index (χ1v) is 12.6. The van der Waals surface area contributed by atoms with E-state index in [0.29, 0.717) is 36.4 Å². The molecule has 1 heterocycles.